The van der Waals surface area contributed by atoms with Crippen LogP contribution in [0.2, 0.25) is 10.0 Å². The number of carboxylic acid groups (broad SMARTS) is 1. The fourth-order valence-corrected chi connectivity index (χ4v) is 4.71. The SMILES string of the molecule is CC1(Cc2ccc(Cl)cc2)Cc2cc(CC(=O)N(CC(=O)O)Cc3ccc(F)cc3Cl)ccc2O1. The third-order valence-electron chi connectivity index (χ3n) is 5.95. The van der Waals surface area contributed by atoms with Gasteiger partial charge < -0.3 is 14.7 Å². The molecule has 1 aliphatic heterocycles. The molecule has 0 spiro atoms. The largest absolute Gasteiger partial charge is 0.487 e. The van der Waals surface area contributed by atoms with Crippen molar-refractivity contribution in [3.8, 4) is 5.75 Å². The first-order valence-corrected chi connectivity index (χ1v) is 11.8. The lowest BCUT2D eigenvalue weighted by Gasteiger charge is -2.24. The van der Waals surface area contributed by atoms with Crippen molar-refractivity contribution in [1.82, 2.24) is 4.90 Å². The summed E-state index contributed by atoms with van der Waals surface area (Å²) in [5.41, 5.74) is 2.92. The second-order valence-corrected chi connectivity index (χ2v) is 9.87. The minimum absolute atomic E-state index is 0.0211. The molecule has 35 heavy (non-hydrogen) atoms. The average Bonchev–Trinajstić information content (AvgIpc) is 3.11. The lowest BCUT2D eigenvalue weighted by atomic mass is 9.91. The Morgan fingerprint density at radius 3 is 2.46 bits per heavy atom. The van der Waals surface area contributed by atoms with Crippen LogP contribution in [-0.2, 0) is 35.4 Å². The third-order valence-corrected chi connectivity index (χ3v) is 6.55. The molecule has 1 N–H and O–H groups in total. The summed E-state index contributed by atoms with van der Waals surface area (Å²) < 4.78 is 19.6. The van der Waals surface area contributed by atoms with Crippen LogP contribution >= 0.6 is 23.2 Å². The smallest absolute Gasteiger partial charge is 0.323 e. The molecule has 5 nitrogen and oxygen atoms in total. The molecule has 4 rings (SSSR count). The minimum Gasteiger partial charge on any atom is -0.487 e. The number of fused-ring (bicyclic) bond motifs is 1. The molecular weight excluding hydrogens is 492 g/mol. The summed E-state index contributed by atoms with van der Waals surface area (Å²) in [5.74, 6) is -1.23. The zero-order valence-corrected chi connectivity index (χ0v) is 20.6. The van der Waals surface area contributed by atoms with Gasteiger partial charge in [-0.1, -0.05) is 53.5 Å². The van der Waals surface area contributed by atoms with Crippen molar-refractivity contribution in [3.05, 3.63) is 98.8 Å². The van der Waals surface area contributed by atoms with Gasteiger partial charge in [0, 0.05) is 29.4 Å². The van der Waals surface area contributed by atoms with Crippen molar-refractivity contribution in [2.75, 3.05) is 6.54 Å². The average molecular weight is 516 g/mol. The standard InChI is InChI=1S/C27H24Cl2FNO4/c1-27(13-17-2-6-21(28)7-3-17)14-20-10-18(4-9-24(20)35-27)11-25(32)31(16-26(33)34)15-19-5-8-22(30)12-23(19)29/h2-10,12H,11,13-16H2,1H3,(H,33,34). The molecule has 1 heterocycles. The van der Waals surface area contributed by atoms with Crippen LogP contribution in [0.25, 0.3) is 0 Å². The quantitative estimate of drug-likeness (QED) is 0.416. The Kier molecular flexibility index (Phi) is 7.33. The summed E-state index contributed by atoms with van der Waals surface area (Å²) in [5, 5.41) is 10.1. The fraction of sp³-hybridized carbons (Fsp3) is 0.259. The Hall–Kier alpha value is -3.09. The maximum Gasteiger partial charge on any atom is 0.323 e. The molecule has 1 atom stereocenters. The second kappa shape index (κ2) is 10.3. The Morgan fingerprint density at radius 1 is 1.06 bits per heavy atom. The van der Waals surface area contributed by atoms with Gasteiger partial charge >= 0.3 is 5.97 Å². The number of amides is 1. The topological polar surface area (TPSA) is 66.8 Å². The van der Waals surface area contributed by atoms with Gasteiger partial charge in [-0.05, 0) is 59.5 Å². The molecule has 1 aliphatic rings. The highest BCUT2D eigenvalue weighted by molar-refractivity contribution is 6.31. The van der Waals surface area contributed by atoms with Gasteiger partial charge in [-0.25, -0.2) is 4.39 Å². The van der Waals surface area contributed by atoms with Gasteiger partial charge in [-0.3, -0.25) is 9.59 Å². The summed E-state index contributed by atoms with van der Waals surface area (Å²) in [4.78, 5) is 25.6. The third kappa shape index (κ3) is 6.32. The van der Waals surface area contributed by atoms with Crippen molar-refractivity contribution in [2.24, 2.45) is 0 Å². The predicted octanol–water partition coefficient (Wildman–Crippen LogP) is 5.72. The lowest BCUT2D eigenvalue weighted by Crippen LogP contribution is -2.36. The molecule has 1 unspecified atom stereocenters. The van der Waals surface area contributed by atoms with Crippen molar-refractivity contribution in [2.45, 2.75) is 38.3 Å². The summed E-state index contributed by atoms with van der Waals surface area (Å²) in [6.45, 7) is 1.53. The molecule has 0 aliphatic carbocycles. The van der Waals surface area contributed by atoms with Crippen LogP contribution in [0.3, 0.4) is 0 Å². The van der Waals surface area contributed by atoms with E-state index in [1.54, 1.807) is 0 Å². The zero-order valence-electron chi connectivity index (χ0n) is 19.1. The first kappa shape index (κ1) is 25.0. The molecular formula is C27H24Cl2FNO4. The number of halogens is 3. The number of hydrogen-bond donors (Lipinski definition) is 1. The summed E-state index contributed by atoms with van der Waals surface area (Å²) in [7, 11) is 0. The number of nitrogens with zero attached hydrogens (tertiary/aromatic N) is 1. The van der Waals surface area contributed by atoms with Gasteiger partial charge in [-0.15, -0.1) is 0 Å². The Labute approximate surface area is 213 Å². The molecule has 0 saturated heterocycles. The zero-order chi connectivity index (χ0) is 25.2. The maximum absolute atomic E-state index is 13.4. The first-order valence-electron chi connectivity index (χ1n) is 11.1. The highest BCUT2D eigenvalue weighted by Crippen LogP contribution is 2.37. The molecule has 1 amide bonds. The lowest BCUT2D eigenvalue weighted by molar-refractivity contribution is -0.144. The van der Waals surface area contributed by atoms with Crippen LogP contribution in [0.5, 0.6) is 5.75 Å². The number of carboxylic acids is 1. The summed E-state index contributed by atoms with van der Waals surface area (Å²) in [6.07, 6.45) is 1.40. The Morgan fingerprint density at radius 2 is 1.77 bits per heavy atom. The Balaban J connectivity index is 1.46. The van der Waals surface area contributed by atoms with E-state index in [1.165, 1.54) is 17.0 Å². The minimum atomic E-state index is -1.14. The van der Waals surface area contributed by atoms with Crippen molar-refractivity contribution in [3.63, 3.8) is 0 Å². The van der Waals surface area contributed by atoms with E-state index in [4.69, 9.17) is 27.9 Å². The molecule has 3 aromatic carbocycles. The van der Waals surface area contributed by atoms with Gasteiger partial charge in [0.05, 0.1) is 6.42 Å². The van der Waals surface area contributed by atoms with E-state index in [2.05, 4.69) is 0 Å². The summed E-state index contributed by atoms with van der Waals surface area (Å²) >= 11 is 12.1. The summed E-state index contributed by atoms with van der Waals surface area (Å²) in [6, 6.07) is 17.1. The van der Waals surface area contributed by atoms with Crippen molar-refractivity contribution in [1.29, 1.82) is 0 Å². The Bertz CT molecular complexity index is 1260. The van der Waals surface area contributed by atoms with Gasteiger partial charge in [0.15, 0.2) is 0 Å². The van der Waals surface area contributed by atoms with Crippen LogP contribution in [0.4, 0.5) is 4.39 Å². The number of carbonyl (C=O) groups is 2. The maximum atomic E-state index is 13.4. The first-order chi connectivity index (χ1) is 16.6. The van der Waals surface area contributed by atoms with E-state index in [0.29, 0.717) is 23.4 Å². The number of hydrogen-bond acceptors (Lipinski definition) is 3. The molecule has 3 aromatic rings. The molecule has 182 valence electrons. The highest BCUT2D eigenvalue weighted by atomic mass is 35.5. The molecule has 0 radical (unpaired) electrons. The number of aliphatic carboxylic acids is 1. The highest BCUT2D eigenvalue weighted by Gasteiger charge is 2.35. The van der Waals surface area contributed by atoms with Gasteiger partial charge in [0.25, 0.3) is 0 Å². The van der Waals surface area contributed by atoms with Crippen molar-refractivity contribution >= 4 is 35.1 Å². The van der Waals surface area contributed by atoms with E-state index in [-0.39, 0.29) is 23.9 Å². The fourth-order valence-electron chi connectivity index (χ4n) is 4.36. The van der Waals surface area contributed by atoms with E-state index in [9.17, 15) is 19.1 Å². The van der Waals surface area contributed by atoms with Gasteiger partial charge in [0.1, 0.15) is 23.7 Å². The van der Waals surface area contributed by atoms with Gasteiger partial charge in [-0.2, -0.15) is 0 Å². The van der Waals surface area contributed by atoms with Crippen LogP contribution in [0.15, 0.2) is 60.7 Å². The van der Waals surface area contributed by atoms with Crippen LogP contribution < -0.4 is 4.74 Å². The van der Waals surface area contributed by atoms with E-state index < -0.39 is 23.9 Å². The van der Waals surface area contributed by atoms with Crippen LogP contribution in [-0.4, -0.2) is 34.0 Å². The number of carbonyl (C=O) groups excluding carboxylic acids is 1. The normalized spacial score (nSPS) is 16.5. The second-order valence-electron chi connectivity index (χ2n) is 9.03. The van der Waals surface area contributed by atoms with E-state index in [0.717, 1.165) is 28.5 Å². The molecule has 8 heteroatoms. The number of rotatable bonds is 8. The van der Waals surface area contributed by atoms with Crippen LogP contribution in [0.1, 0.15) is 29.2 Å². The monoisotopic (exact) mass is 515 g/mol. The predicted molar refractivity (Wildman–Crippen MR) is 133 cm³/mol. The molecule has 0 bridgehead atoms. The van der Waals surface area contributed by atoms with E-state index in [1.807, 2.05) is 49.4 Å². The molecule has 0 aromatic heterocycles. The van der Waals surface area contributed by atoms with Crippen LogP contribution in [0, 0.1) is 5.82 Å². The van der Waals surface area contributed by atoms with Crippen molar-refractivity contribution < 1.29 is 23.8 Å². The molecule has 0 fully saturated rings. The number of ether oxygens (including phenoxy) is 1. The molecule has 0 saturated carbocycles. The van der Waals surface area contributed by atoms with E-state index >= 15 is 0 Å². The number of benzene rings is 3. The van der Waals surface area contributed by atoms with Gasteiger partial charge in [0.2, 0.25) is 5.91 Å².